The van der Waals surface area contributed by atoms with Crippen LogP contribution in [0.4, 0.5) is 0 Å². The Balaban J connectivity index is 0.00000208. The lowest BCUT2D eigenvalue weighted by atomic mass is 10.1. The van der Waals surface area contributed by atoms with E-state index in [1.165, 1.54) is 0 Å². The molecule has 0 aromatic heterocycles. The molecule has 0 bridgehead atoms. The van der Waals surface area contributed by atoms with Crippen molar-refractivity contribution in [3.05, 3.63) is 66.0 Å². The van der Waals surface area contributed by atoms with Gasteiger partial charge < -0.3 is 9.74 Å². The van der Waals surface area contributed by atoms with Crippen molar-refractivity contribution < 1.29 is 4.84 Å². The molecule has 0 radical (unpaired) electrons. The molecule has 4 heteroatoms. The van der Waals surface area contributed by atoms with Gasteiger partial charge in [-0.2, -0.15) is 0 Å². The molecule has 0 saturated carbocycles. The first-order valence-electron chi connectivity index (χ1n) is 7.90. The van der Waals surface area contributed by atoms with Crippen molar-refractivity contribution >= 4 is 34.0 Å². The maximum atomic E-state index is 5.68. The van der Waals surface area contributed by atoms with Crippen LogP contribution in [0.5, 0.6) is 0 Å². The molecule has 3 rings (SSSR count). The molecule has 0 N–H and O–H groups in total. The van der Waals surface area contributed by atoms with Crippen LogP contribution in [0.15, 0.2) is 65.8 Å². The van der Waals surface area contributed by atoms with Crippen molar-refractivity contribution in [1.82, 2.24) is 4.90 Å². The Kier molecular flexibility index (Phi) is 6.18. The lowest BCUT2D eigenvalue weighted by Gasteiger charge is -2.17. The number of rotatable bonds is 4. The predicted octanol–water partition coefficient (Wildman–Crippen LogP) is 4.20. The Bertz CT molecular complexity index is 831. The summed E-state index contributed by atoms with van der Waals surface area (Å²) in [5.74, 6) is 0. The van der Waals surface area contributed by atoms with Gasteiger partial charge in [0.2, 0.25) is 0 Å². The topological polar surface area (TPSA) is 24.8 Å². The van der Waals surface area contributed by atoms with Crippen LogP contribution in [-0.2, 0) is 4.84 Å². The van der Waals surface area contributed by atoms with Crippen LogP contribution in [0.3, 0.4) is 0 Å². The van der Waals surface area contributed by atoms with Crippen molar-refractivity contribution in [2.24, 2.45) is 5.16 Å². The largest absolute Gasteiger partial charge is 0.394 e. The molecular weight excluding hydrogens is 320 g/mol. The molecule has 0 heterocycles. The normalized spacial score (nSPS) is 12.0. The highest BCUT2D eigenvalue weighted by molar-refractivity contribution is 5.92. The number of fused-ring (bicyclic) bond motifs is 2. The van der Waals surface area contributed by atoms with E-state index >= 15 is 0 Å². The van der Waals surface area contributed by atoms with Gasteiger partial charge in [-0.15, -0.1) is 12.4 Å². The van der Waals surface area contributed by atoms with E-state index in [0.29, 0.717) is 12.6 Å². The third-order valence-electron chi connectivity index (χ3n) is 4.23. The minimum Gasteiger partial charge on any atom is -0.394 e. The Labute approximate surface area is 149 Å². The fourth-order valence-corrected chi connectivity index (χ4v) is 2.50. The summed E-state index contributed by atoms with van der Waals surface area (Å²) in [5.41, 5.74) is 0. The molecular formula is C20H23ClN2O. The summed E-state index contributed by atoms with van der Waals surface area (Å²) >= 11 is 0. The summed E-state index contributed by atoms with van der Waals surface area (Å²) < 4.78 is 0. The molecule has 1 atom stereocenters. The van der Waals surface area contributed by atoms with Crippen LogP contribution in [0, 0.1) is 0 Å². The zero-order chi connectivity index (χ0) is 16.2. The number of hydrogen-bond acceptors (Lipinski definition) is 3. The summed E-state index contributed by atoms with van der Waals surface area (Å²) in [6, 6.07) is 21.2. The molecule has 1 unspecified atom stereocenters. The summed E-state index contributed by atoms with van der Waals surface area (Å²) in [6.07, 6.45) is 0. The fraction of sp³-hybridized carbons (Fsp3) is 0.250. The van der Waals surface area contributed by atoms with E-state index in [4.69, 9.17) is 4.84 Å². The number of likely N-dealkylation sites (N-methyl/N-ethyl adjacent to an activating group) is 1. The Morgan fingerprint density at radius 3 is 1.88 bits per heavy atom. The van der Waals surface area contributed by atoms with Crippen LogP contribution in [-0.4, -0.2) is 31.6 Å². The van der Waals surface area contributed by atoms with Crippen molar-refractivity contribution in [3.63, 3.8) is 0 Å². The van der Waals surface area contributed by atoms with Gasteiger partial charge in [0.05, 0.1) is 0 Å². The van der Waals surface area contributed by atoms with Gasteiger partial charge in [0.25, 0.3) is 0 Å². The average molecular weight is 343 g/mol. The zero-order valence-electron chi connectivity index (χ0n) is 14.3. The zero-order valence-corrected chi connectivity index (χ0v) is 15.1. The molecule has 0 saturated heterocycles. The van der Waals surface area contributed by atoms with E-state index in [1.54, 1.807) is 0 Å². The predicted molar refractivity (Wildman–Crippen MR) is 103 cm³/mol. The molecule has 0 aliphatic heterocycles. The minimum atomic E-state index is 0. The first-order chi connectivity index (χ1) is 11.2. The number of nitrogens with zero attached hydrogens (tertiary/aromatic N) is 2. The van der Waals surface area contributed by atoms with Crippen LogP contribution < -0.4 is 5.36 Å². The minimum absolute atomic E-state index is 0. The second-order valence-electron chi connectivity index (χ2n) is 6.06. The van der Waals surface area contributed by atoms with Gasteiger partial charge in [0, 0.05) is 16.8 Å². The number of halogens is 1. The molecule has 0 aliphatic carbocycles. The van der Waals surface area contributed by atoms with Gasteiger partial charge in [0.15, 0.2) is 0 Å². The summed E-state index contributed by atoms with van der Waals surface area (Å²) in [6.45, 7) is 2.69. The fourth-order valence-electron chi connectivity index (χ4n) is 2.50. The molecule has 3 nitrogen and oxygen atoms in total. The summed E-state index contributed by atoms with van der Waals surface area (Å²) in [4.78, 5) is 7.81. The van der Waals surface area contributed by atoms with Gasteiger partial charge in [-0.1, -0.05) is 65.8 Å². The summed E-state index contributed by atoms with van der Waals surface area (Å²) in [5, 5.41) is 9.92. The first-order valence-corrected chi connectivity index (χ1v) is 7.90. The van der Waals surface area contributed by atoms with Crippen LogP contribution in [0.25, 0.3) is 21.5 Å². The van der Waals surface area contributed by atoms with Crippen LogP contribution in [0.2, 0.25) is 0 Å². The third kappa shape index (κ3) is 3.86. The first kappa shape index (κ1) is 18.2. The van der Waals surface area contributed by atoms with E-state index in [-0.39, 0.29) is 12.4 Å². The van der Waals surface area contributed by atoms with Gasteiger partial charge in [0.1, 0.15) is 12.0 Å². The van der Waals surface area contributed by atoms with Gasteiger partial charge in [-0.3, -0.25) is 0 Å². The molecule has 0 spiro atoms. The van der Waals surface area contributed by atoms with E-state index < -0.39 is 0 Å². The van der Waals surface area contributed by atoms with Gasteiger partial charge in [-0.05, 0) is 31.8 Å². The second-order valence-corrected chi connectivity index (χ2v) is 6.06. The maximum absolute atomic E-state index is 5.68. The number of benzene rings is 2. The maximum Gasteiger partial charge on any atom is 0.132 e. The number of hydrogen-bond donors (Lipinski definition) is 0. The summed E-state index contributed by atoms with van der Waals surface area (Å²) in [7, 11) is 4.09. The smallest absolute Gasteiger partial charge is 0.132 e. The monoisotopic (exact) mass is 342 g/mol. The molecule has 126 valence electrons. The van der Waals surface area contributed by atoms with Gasteiger partial charge >= 0.3 is 0 Å². The standard InChI is InChI=1S/C20H22N2O.ClH/c1-15(22(2)3)14-23-21-20-18-10-6-4-8-16(18)12-13-17-9-5-7-11-19(17)20;/h4-13,15H,14H2,1-3H3;1H. The van der Waals surface area contributed by atoms with E-state index in [9.17, 15) is 0 Å². The van der Waals surface area contributed by atoms with Crippen molar-refractivity contribution in [2.75, 3.05) is 20.7 Å². The van der Waals surface area contributed by atoms with Gasteiger partial charge in [-0.25, -0.2) is 0 Å². The van der Waals surface area contributed by atoms with E-state index in [0.717, 1.165) is 26.9 Å². The highest BCUT2D eigenvalue weighted by Gasteiger charge is 2.05. The quantitative estimate of drug-likeness (QED) is 0.664. The molecule has 3 aromatic rings. The molecule has 0 amide bonds. The van der Waals surface area contributed by atoms with E-state index in [1.807, 2.05) is 38.4 Å². The SMILES string of the molecule is CC(CON=c1c2ccccc2ccc2ccccc12)N(C)C.Cl. The lowest BCUT2D eigenvalue weighted by Crippen LogP contribution is -2.28. The van der Waals surface area contributed by atoms with Crippen molar-refractivity contribution in [1.29, 1.82) is 0 Å². The Morgan fingerprint density at radius 1 is 0.875 bits per heavy atom. The Hall–Kier alpha value is -2.10. The van der Waals surface area contributed by atoms with Crippen molar-refractivity contribution in [2.45, 2.75) is 13.0 Å². The highest BCUT2D eigenvalue weighted by Crippen LogP contribution is 2.15. The average Bonchev–Trinajstić information content (AvgIpc) is 2.72. The molecule has 3 aromatic carbocycles. The third-order valence-corrected chi connectivity index (χ3v) is 4.23. The molecule has 0 fully saturated rings. The Morgan fingerprint density at radius 2 is 1.38 bits per heavy atom. The van der Waals surface area contributed by atoms with E-state index in [2.05, 4.69) is 53.4 Å². The highest BCUT2D eigenvalue weighted by atomic mass is 35.5. The lowest BCUT2D eigenvalue weighted by molar-refractivity contribution is 0.0852. The molecule has 24 heavy (non-hydrogen) atoms. The molecule has 0 aliphatic rings. The van der Waals surface area contributed by atoms with Crippen LogP contribution >= 0.6 is 12.4 Å². The van der Waals surface area contributed by atoms with Crippen LogP contribution in [0.1, 0.15) is 6.92 Å². The second kappa shape index (κ2) is 8.13. The van der Waals surface area contributed by atoms with Crippen molar-refractivity contribution in [3.8, 4) is 0 Å².